The fourth-order valence-corrected chi connectivity index (χ4v) is 4.37. The number of benzene rings is 1. The van der Waals surface area contributed by atoms with Gasteiger partial charge in [-0.2, -0.15) is 5.53 Å². The van der Waals surface area contributed by atoms with Gasteiger partial charge in [0.2, 0.25) is 0 Å². The first-order valence-electron chi connectivity index (χ1n) is 11.4. The van der Waals surface area contributed by atoms with Crippen LogP contribution in [0.25, 0.3) is 6.08 Å². The van der Waals surface area contributed by atoms with Crippen LogP contribution in [0.5, 0.6) is 5.75 Å². The highest BCUT2D eigenvalue weighted by Gasteiger charge is 2.35. The largest absolute Gasteiger partial charge is 0.573 e. The standard InChI is InChI=1S/C25H22F4N5O3/c26-19-11-15(1-5-22(19)37-25(27,28)29)2-6-23(35)33-9-7-17-13-34(14-18(17)8-10-33)24(36)16-3-4-20-21(12-16)31-32-30-20/h1-2,5-9,11-14,20-21,30-32H,3-4,10H2/q+1/b6-2+/t20?,21-/m1/s1. The van der Waals surface area contributed by atoms with E-state index >= 15 is 0 Å². The third-order valence-corrected chi connectivity index (χ3v) is 6.26. The lowest BCUT2D eigenvalue weighted by atomic mass is 9.92. The predicted octanol–water partition coefficient (Wildman–Crippen LogP) is 2.60. The Morgan fingerprint density at radius 2 is 2.03 bits per heavy atom. The molecule has 12 heteroatoms. The zero-order chi connectivity index (χ0) is 26.2. The molecule has 1 aromatic carbocycles. The number of amides is 2. The fraction of sp³-hybridized carbons (Fsp3) is 0.240. The second kappa shape index (κ2) is 9.88. The van der Waals surface area contributed by atoms with Gasteiger partial charge in [-0.05, 0) is 42.7 Å². The molecule has 1 aromatic rings. The molecule has 2 amide bonds. The number of ether oxygens (including phenoxy) is 1. The van der Waals surface area contributed by atoms with E-state index < -0.39 is 23.8 Å². The molecule has 37 heavy (non-hydrogen) atoms. The molecule has 1 unspecified atom stereocenters. The maximum atomic E-state index is 13.9. The third kappa shape index (κ3) is 5.61. The number of carbonyl (C=O) groups is 2. The minimum absolute atomic E-state index is 0.0443. The molecule has 3 N–H and O–H groups in total. The van der Waals surface area contributed by atoms with Crippen molar-refractivity contribution < 1.29 is 36.5 Å². The van der Waals surface area contributed by atoms with Crippen LogP contribution in [0.15, 0.2) is 71.6 Å². The van der Waals surface area contributed by atoms with Gasteiger partial charge in [0.05, 0.1) is 17.2 Å². The highest BCUT2D eigenvalue weighted by molar-refractivity contribution is 5.96. The number of fused-ring (bicyclic) bond motifs is 2. The zero-order valence-corrected chi connectivity index (χ0v) is 19.3. The van der Waals surface area contributed by atoms with Crippen molar-refractivity contribution in [3.8, 4) is 5.75 Å². The average Bonchev–Trinajstić information content (AvgIpc) is 3.44. The predicted molar refractivity (Wildman–Crippen MR) is 125 cm³/mol. The summed E-state index contributed by atoms with van der Waals surface area (Å²) in [7, 11) is 0. The Labute approximate surface area is 208 Å². The number of rotatable bonds is 4. The molecule has 0 saturated carbocycles. The van der Waals surface area contributed by atoms with E-state index in [9.17, 15) is 27.2 Å². The molecule has 1 aliphatic carbocycles. The van der Waals surface area contributed by atoms with E-state index in [-0.39, 0.29) is 30.1 Å². The van der Waals surface area contributed by atoms with Gasteiger partial charge in [-0.25, -0.2) is 20.0 Å². The molecule has 192 valence electrons. The minimum atomic E-state index is -5.00. The number of allylic oxidation sites excluding steroid dienone is 3. The van der Waals surface area contributed by atoms with Crippen molar-refractivity contribution in [2.45, 2.75) is 31.3 Å². The molecular formula is C25H22F4N5O3+. The van der Waals surface area contributed by atoms with Gasteiger partial charge >= 0.3 is 12.3 Å². The number of alkyl halides is 3. The summed E-state index contributed by atoms with van der Waals surface area (Å²) in [6.07, 6.45) is 9.47. The van der Waals surface area contributed by atoms with E-state index in [0.717, 1.165) is 35.3 Å². The molecule has 2 atom stereocenters. The number of nitrogens with one attached hydrogen (secondary N) is 3. The Morgan fingerprint density at radius 1 is 1.19 bits per heavy atom. The molecule has 1 saturated heterocycles. The second-order valence-electron chi connectivity index (χ2n) is 8.74. The minimum Gasteiger partial charge on any atom is -0.403 e. The van der Waals surface area contributed by atoms with E-state index in [4.69, 9.17) is 0 Å². The van der Waals surface area contributed by atoms with Crippen LogP contribution in [-0.4, -0.2) is 52.5 Å². The Morgan fingerprint density at radius 3 is 2.81 bits per heavy atom. The first-order chi connectivity index (χ1) is 17.7. The van der Waals surface area contributed by atoms with Crippen LogP contribution in [0.3, 0.4) is 0 Å². The van der Waals surface area contributed by atoms with Gasteiger partial charge in [0.25, 0.3) is 5.91 Å². The summed E-state index contributed by atoms with van der Waals surface area (Å²) < 4.78 is 55.9. The summed E-state index contributed by atoms with van der Waals surface area (Å²) in [4.78, 5) is 27.1. The molecule has 0 radical (unpaired) electrons. The van der Waals surface area contributed by atoms with Gasteiger partial charge in [-0.3, -0.25) is 4.79 Å². The Balaban J connectivity index is 1.22. The van der Waals surface area contributed by atoms with Gasteiger partial charge in [0, 0.05) is 30.4 Å². The van der Waals surface area contributed by atoms with E-state index in [0.29, 0.717) is 6.42 Å². The van der Waals surface area contributed by atoms with Crippen molar-refractivity contribution in [3.63, 3.8) is 0 Å². The van der Waals surface area contributed by atoms with Crippen LogP contribution in [0, 0.1) is 5.82 Å². The lowest BCUT2D eigenvalue weighted by molar-refractivity contribution is -0.369. The van der Waals surface area contributed by atoms with E-state index in [1.165, 1.54) is 23.1 Å². The second-order valence-corrected chi connectivity index (χ2v) is 8.74. The van der Waals surface area contributed by atoms with Crippen LogP contribution in [-0.2, 0) is 9.59 Å². The Hall–Kier alpha value is -3.87. The topological polar surface area (TPSA) is 85.7 Å². The monoisotopic (exact) mass is 516 g/mol. The quantitative estimate of drug-likeness (QED) is 0.324. The number of nitrogens with zero attached hydrogens (tertiary/aromatic N) is 2. The molecule has 0 spiro atoms. The highest BCUT2D eigenvalue weighted by atomic mass is 19.4. The zero-order valence-electron chi connectivity index (χ0n) is 19.3. The fourth-order valence-electron chi connectivity index (χ4n) is 4.37. The number of hydrazine groups is 2. The first-order valence-corrected chi connectivity index (χ1v) is 11.4. The van der Waals surface area contributed by atoms with Crippen LogP contribution in [0.2, 0.25) is 0 Å². The van der Waals surface area contributed by atoms with Crippen molar-refractivity contribution in [2.24, 2.45) is 0 Å². The lowest BCUT2D eigenvalue weighted by Gasteiger charge is -2.20. The molecule has 1 fully saturated rings. The maximum Gasteiger partial charge on any atom is 0.573 e. The number of hydrogen-bond donors (Lipinski definition) is 3. The van der Waals surface area contributed by atoms with Crippen molar-refractivity contribution in [2.75, 3.05) is 6.54 Å². The molecule has 0 aromatic heterocycles. The molecule has 0 bridgehead atoms. The molecule has 3 heterocycles. The lowest BCUT2D eigenvalue weighted by Crippen LogP contribution is -2.36. The maximum absolute atomic E-state index is 13.9. The van der Waals surface area contributed by atoms with Crippen LogP contribution >= 0.6 is 0 Å². The van der Waals surface area contributed by atoms with Gasteiger partial charge in [-0.15, -0.1) is 17.7 Å². The van der Waals surface area contributed by atoms with E-state index in [2.05, 4.69) is 21.1 Å². The van der Waals surface area contributed by atoms with Crippen molar-refractivity contribution in [1.82, 2.24) is 21.3 Å². The number of halogens is 4. The van der Waals surface area contributed by atoms with Crippen LogP contribution < -0.4 is 21.1 Å². The van der Waals surface area contributed by atoms with Gasteiger partial charge in [-0.1, -0.05) is 18.2 Å². The summed E-state index contributed by atoms with van der Waals surface area (Å²) in [5.41, 5.74) is 11.6. The van der Waals surface area contributed by atoms with Crippen molar-refractivity contribution >= 4 is 24.1 Å². The third-order valence-electron chi connectivity index (χ3n) is 6.26. The summed E-state index contributed by atoms with van der Waals surface area (Å²) >= 11 is 0. The average molecular weight is 516 g/mol. The van der Waals surface area contributed by atoms with Gasteiger partial charge < -0.3 is 9.64 Å². The van der Waals surface area contributed by atoms with Crippen LogP contribution in [0.4, 0.5) is 17.6 Å². The Kier molecular flexibility index (Phi) is 6.63. The smallest absolute Gasteiger partial charge is 0.403 e. The Bertz CT molecular complexity index is 1330. The van der Waals surface area contributed by atoms with E-state index in [1.54, 1.807) is 29.3 Å². The number of hydrogen-bond acceptors (Lipinski definition) is 6. The SMILES string of the molecule is O=C(/C=C/c1ccc(OC(F)(F)F)c(F)c1)N1C=CC2=C[N+](C(=O)C3=C[C@H]4NNNC4CC3)=CC2=CC1. The summed E-state index contributed by atoms with van der Waals surface area (Å²) in [5.74, 6) is -2.66. The summed E-state index contributed by atoms with van der Waals surface area (Å²) in [6.45, 7) is 0.227. The van der Waals surface area contributed by atoms with Gasteiger partial charge in [0.1, 0.15) is 0 Å². The number of carbonyl (C=O) groups excluding carboxylic acids is 2. The summed E-state index contributed by atoms with van der Waals surface area (Å²) in [6, 6.07) is 3.19. The van der Waals surface area contributed by atoms with Gasteiger partial charge in [0.15, 0.2) is 24.0 Å². The molecule has 8 nitrogen and oxygen atoms in total. The normalized spacial score (nSPS) is 23.1. The molecule has 4 aliphatic rings. The van der Waals surface area contributed by atoms with Crippen LogP contribution in [0.1, 0.15) is 18.4 Å². The molecular weight excluding hydrogens is 494 g/mol. The molecule has 5 rings (SSSR count). The van der Waals surface area contributed by atoms with E-state index in [1.807, 2.05) is 12.2 Å². The van der Waals surface area contributed by atoms with Crippen molar-refractivity contribution in [3.05, 3.63) is 83.0 Å². The highest BCUT2D eigenvalue weighted by Crippen LogP contribution is 2.27. The molecule has 3 aliphatic heterocycles. The first kappa shape index (κ1) is 24.8. The summed E-state index contributed by atoms with van der Waals surface area (Å²) in [5, 5.41) is 0. The van der Waals surface area contributed by atoms with Crippen molar-refractivity contribution in [1.29, 1.82) is 0 Å².